The Morgan fingerprint density at radius 2 is 2.04 bits per heavy atom. The summed E-state index contributed by atoms with van der Waals surface area (Å²) >= 11 is 1.45. The molecule has 5 nitrogen and oxygen atoms in total. The van der Waals surface area contributed by atoms with Crippen molar-refractivity contribution in [2.45, 2.75) is 26.9 Å². The zero-order chi connectivity index (χ0) is 16.6. The van der Waals surface area contributed by atoms with E-state index in [1.54, 1.807) is 13.2 Å². The average Bonchev–Trinajstić information content (AvgIpc) is 3.15. The molecule has 0 fully saturated rings. The minimum Gasteiger partial charge on any atom is -0.375 e. The van der Waals surface area contributed by atoms with Gasteiger partial charge in [-0.15, -0.1) is 11.3 Å². The number of hydrogen-bond donors (Lipinski definition) is 0. The van der Waals surface area contributed by atoms with Gasteiger partial charge in [-0.05, 0) is 38.5 Å². The Morgan fingerprint density at radius 3 is 2.78 bits per heavy atom. The molecule has 1 aromatic carbocycles. The molecule has 7 heteroatoms. The summed E-state index contributed by atoms with van der Waals surface area (Å²) in [7, 11) is 1.64. The van der Waals surface area contributed by atoms with Gasteiger partial charge in [0, 0.05) is 12.7 Å². The number of methoxy groups -OCH3 is 1. The molecule has 0 aliphatic rings. The molecular formula is C16H16FN3O2S. The number of hydrogen-bond acceptors (Lipinski definition) is 6. The van der Waals surface area contributed by atoms with Crippen LogP contribution in [0.15, 0.2) is 22.7 Å². The van der Waals surface area contributed by atoms with Crippen molar-refractivity contribution in [3.63, 3.8) is 0 Å². The fourth-order valence-corrected chi connectivity index (χ4v) is 3.17. The van der Waals surface area contributed by atoms with E-state index in [0.29, 0.717) is 17.3 Å². The largest absolute Gasteiger partial charge is 0.375 e. The molecule has 120 valence electrons. The molecule has 23 heavy (non-hydrogen) atoms. The van der Waals surface area contributed by atoms with Crippen LogP contribution in [0.3, 0.4) is 0 Å². The molecule has 1 atom stereocenters. The van der Waals surface area contributed by atoms with E-state index in [-0.39, 0.29) is 11.9 Å². The maximum atomic E-state index is 13.4. The van der Waals surface area contributed by atoms with Crippen LogP contribution in [0.2, 0.25) is 0 Å². The molecule has 0 aliphatic heterocycles. The molecule has 0 spiro atoms. The summed E-state index contributed by atoms with van der Waals surface area (Å²) in [6.07, 6.45) is -0.0969. The summed E-state index contributed by atoms with van der Waals surface area (Å²) in [5.74, 6) is 0.418. The van der Waals surface area contributed by atoms with Crippen molar-refractivity contribution in [3.05, 3.63) is 40.3 Å². The average molecular weight is 333 g/mol. The highest BCUT2D eigenvalue weighted by Gasteiger charge is 2.20. The van der Waals surface area contributed by atoms with E-state index in [0.717, 1.165) is 21.1 Å². The fourth-order valence-electron chi connectivity index (χ4n) is 2.15. The van der Waals surface area contributed by atoms with Crippen LogP contribution >= 0.6 is 11.3 Å². The standard InChI is InChI=1S/C16H16FN3O2S/c1-8-5-6-11(17)7-12(8)14-19-15(22-20-14)13-9(2)18-16(23-13)10(3)21-4/h5-7,10H,1-4H3. The lowest BCUT2D eigenvalue weighted by Crippen LogP contribution is -1.94. The molecule has 0 radical (unpaired) electrons. The van der Waals surface area contributed by atoms with Gasteiger partial charge >= 0.3 is 0 Å². The first kappa shape index (κ1) is 15.8. The molecule has 0 bridgehead atoms. The van der Waals surface area contributed by atoms with Crippen molar-refractivity contribution in [1.29, 1.82) is 0 Å². The van der Waals surface area contributed by atoms with Gasteiger partial charge < -0.3 is 9.26 Å². The smallest absolute Gasteiger partial charge is 0.270 e. The fraction of sp³-hybridized carbons (Fsp3) is 0.312. The van der Waals surface area contributed by atoms with E-state index >= 15 is 0 Å². The lowest BCUT2D eigenvalue weighted by Gasteiger charge is -2.03. The van der Waals surface area contributed by atoms with Crippen LogP contribution in [0.5, 0.6) is 0 Å². The van der Waals surface area contributed by atoms with Crippen LogP contribution in [-0.2, 0) is 4.74 Å². The quantitative estimate of drug-likeness (QED) is 0.711. The maximum Gasteiger partial charge on any atom is 0.270 e. The Hall–Kier alpha value is -2.12. The molecule has 0 saturated heterocycles. The minimum atomic E-state index is -0.331. The number of aryl methyl sites for hydroxylation is 2. The lowest BCUT2D eigenvalue weighted by molar-refractivity contribution is 0.119. The number of halogens is 1. The van der Waals surface area contributed by atoms with Crippen LogP contribution < -0.4 is 0 Å². The van der Waals surface area contributed by atoms with Crippen molar-refractivity contribution < 1.29 is 13.7 Å². The highest BCUT2D eigenvalue weighted by Crippen LogP contribution is 2.34. The molecule has 2 aromatic heterocycles. The van der Waals surface area contributed by atoms with Gasteiger partial charge in [-0.3, -0.25) is 0 Å². The number of nitrogens with zero attached hydrogens (tertiary/aromatic N) is 3. The molecule has 0 amide bonds. The Balaban J connectivity index is 1.99. The van der Waals surface area contributed by atoms with Gasteiger partial charge in [-0.25, -0.2) is 9.37 Å². The summed E-state index contributed by atoms with van der Waals surface area (Å²) in [5, 5.41) is 4.82. The SMILES string of the molecule is COC(C)c1nc(C)c(-c2nc(-c3cc(F)ccc3C)no2)s1. The molecule has 3 rings (SSSR count). The van der Waals surface area contributed by atoms with Crippen LogP contribution in [-0.4, -0.2) is 22.2 Å². The van der Waals surface area contributed by atoms with Crippen LogP contribution in [0.25, 0.3) is 22.2 Å². The summed E-state index contributed by atoms with van der Waals surface area (Å²) in [6.45, 7) is 5.69. The topological polar surface area (TPSA) is 61.0 Å². The van der Waals surface area contributed by atoms with E-state index in [2.05, 4.69) is 15.1 Å². The van der Waals surface area contributed by atoms with E-state index in [1.807, 2.05) is 20.8 Å². The highest BCUT2D eigenvalue weighted by atomic mass is 32.1. The van der Waals surface area contributed by atoms with Crippen LogP contribution in [0, 0.1) is 19.7 Å². The summed E-state index contributed by atoms with van der Waals surface area (Å²) in [4.78, 5) is 9.68. The third-order valence-electron chi connectivity index (χ3n) is 3.58. The van der Waals surface area contributed by atoms with Gasteiger partial charge in [-0.2, -0.15) is 4.98 Å². The Labute approximate surface area is 137 Å². The predicted octanol–water partition coefficient (Wildman–Crippen LogP) is 4.32. The van der Waals surface area contributed by atoms with E-state index in [9.17, 15) is 4.39 Å². The summed E-state index contributed by atoms with van der Waals surface area (Å²) < 4.78 is 24.1. The molecular weight excluding hydrogens is 317 g/mol. The van der Waals surface area contributed by atoms with Gasteiger partial charge in [0.05, 0.1) is 5.69 Å². The Kier molecular flexibility index (Phi) is 4.23. The first-order valence-electron chi connectivity index (χ1n) is 7.10. The minimum absolute atomic E-state index is 0.0969. The molecule has 1 unspecified atom stereocenters. The van der Waals surface area contributed by atoms with Gasteiger partial charge in [0.25, 0.3) is 5.89 Å². The third kappa shape index (κ3) is 3.02. The first-order valence-corrected chi connectivity index (χ1v) is 7.92. The number of thiazole rings is 1. The molecule has 3 aromatic rings. The summed E-state index contributed by atoms with van der Waals surface area (Å²) in [6, 6.07) is 4.50. The van der Waals surface area contributed by atoms with Gasteiger partial charge in [0.2, 0.25) is 5.82 Å². The van der Waals surface area contributed by atoms with Crippen molar-refractivity contribution >= 4 is 11.3 Å². The van der Waals surface area contributed by atoms with Crippen LogP contribution in [0.1, 0.15) is 29.3 Å². The second kappa shape index (κ2) is 6.17. The molecule has 0 saturated carbocycles. The van der Waals surface area contributed by atoms with Crippen molar-refractivity contribution in [1.82, 2.24) is 15.1 Å². The van der Waals surface area contributed by atoms with Crippen molar-refractivity contribution in [3.8, 4) is 22.2 Å². The monoisotopic (exact) mass is 333 g/mol. The number of rotatable bonds is 4. The summed E-state index contributed by atoms with van der Waals surface area (Å²) in [5.41, 5.74) is 2.31. The second-order valence-electron chi connectivity index (χ2n) is 5.23. The second-order valence-corrected chi connectivity index (χ2v) is 6.26. The molecule has 0 N–H and O–H groups in total. The van der Waals surface area contributed by atoms with Gasteiger partial charge in [0.1, 0.15) is 21.8 Å². The normalized spacial score (nSPS) is 12.6. The predicted molar refractivity (Wildman–Crippen MR) is 85.7 cm³/mol. The zero-order valence-electron chi connectivity index (χ0n) is 13.3. The van der Waals surface area contributed by atoms with Crippen molar-refractivity contribution in [2.24, 2.45) is 0 Å². The molecule has 0 aliphatic carbocycles. The maximum absolute atomic E-state index is 13.4. The number of benzene rings is 1. The first-order chi connectivity index (χ1) is 11.0. The van der Waals surface area contributed by atoms with Gasteiger partial charge in [0.15, 0.2) is 0 Å². The van der Waals surface area contributed by atoms with E-state index in [4.69, 9.17) is 9.26 Å². The molecule has 2 heterocycles. The lowest BCUT2D eigenvalue weighted by atomic mass is 10.1. The third-order valence-corrected chi connectivity index (χ3v) is 4.88. The van der Waals surface area contributed by atoms with Crippen LogP contribution in [0.4, 0.5) is 4.39 Å². The highest BCUT2D eigenvalue weighted by molar-refractivity contribution is 7.15. The van der Waals surface area contributed by atoms with Gasteiger partial charge in [-0.1, -0.05) is 11.2 Å². The Morgan fingerprint density at radius 1 is 1.26 bits per heavy atom. The zero-order valence-corrected chi connectivity index (χ0v) is 14.1. The number of ether oxygens (including phenoxy) is 1. The van der Waals surface area contributed by atoms with Crippen molar-refractivity contribution in [2.75, 3.05) is 7.11 Å². The van der Waals surface area contributed by atoms with E-state index in [1.165, 1.54) is 23.5 Å². The van der Waals surface area contributed by atoms with E-state index < -0.39 is 0 Å². The Bertz CT molecular complexity index is 844. The number of aromatic nitrogens is 3.